The minimum Gasteiger partial charge on any atom is -0.396 e. The fraction of sp³-hybridized carbons (Fsp3) is 0.714. The van der Waals surface area contributed by atoms with E-state index in [1.807, 2.05) is 6.07 Å². The molecule has 0 radical (unpaired) electrons. The van der Waals surface area contributed by atoms with Gasteiger partial charge in [-0.3, -0.25) is 4.90 Å². The van der Waals surface area contributed by atoms with E-state index in [-0.39, 0.29) is 5.41 Å². The summed E-state index contributed by atoms with van der Waals surface area (Å²) in [5.41, 5.74) is 0.0904. The van der Waals surface area contributed by atoms with Gasteiger partial charge in [-0.25, -0.2) is 0 Å². The third-order valence-corrected chi connectivity index (χ3v) is 5.13. The van der Waals surface area contributed by atoms with Gasteiger partial charge in [-0.15, -0.1) is 11.3 Å². The maximum Gasteiger partial charge on any atom is 0.0931 e. The number of nitrogens with zero attached hydrogens (tertiary/aromatic N) is 2. The fourth-order valence-electron chi connectivity index (χ4n) is 2.88. The lowest BCUT2D eigenvalue weighted by atomic mass is 9.78. The molecule has 2 heterocycles. The van der Waals surface area contributed by atoms with E-state index in [0.29, 0.717) is 6.61 Å². The van der Waals surface area contributed by atoms with Gasteiger partial charge in [-0.2, -0.15) is 0 Å². The highest BCUT2D eigenvalue weighted by Gasteiger charge is 2.34. The second kappa shape index (κ2) is 6.55. The van der Waals surface area contributed by atoms with Crippen molar-refractivity contribution in [2.24, 2.45) is 5.41 Å². The molecule has 19 heavy (non-hydrogen) atoms. The Labute approximate surface area is 124 Å². The summed E-state index contributed by atoms with van der Waals surface area (Å²) in [6.07, 6.45) is 2.14. The van der Waals surface area contributed by atoms with Crippen LogP contribution in [0.15, 0.2) is 12.1 Å². The summed E-state index contributed by atoms with van der Waals surface area (Å²) in [7, 11) is 4.16. The highest BCUT2D eigenvalue weighted by molar-refractivity contribution is 7.16. The predicted octanol–water partition coefficient (Wildman–Crippen LogP) is 2.54. The van der Waals surface area contributed by atoms with Crippen LogP contribution in [0.3, 0.4) is 0 Å². The molecule has 3 nitrogen and oxygen atoms in total. The normalized spacial score (nSPS) is 20.1. The lowest BCUT2D eigenvalue weighted by Crippen LogP contribution is -2.46. The molecule has 0 amide bonds. The van der Waals surface area contributed by atoms with Crippen LogP contribution < -0.4 is 0 Å². The molecular formula is C14H23ClN2OS. The number of hydrogen-bond donors (Lipinski definition) is 1. The molecular weight excluding hydrogens is 280 g/mol. The minimum atomic E-state index is 0.0904. The molecule has 0 spiro atoms. The van der Waals surface area contributed by atoms with E-state index in [9.17, 15) is 5.11 Å². The average molecular weight is 303 g/mol. The van der Waals surface area contributed by atoms with Crippen LogP contribution in [0.25, 0.3) is 0 Å². The number of hydrogen-bond acceptors (Lipinski definition) is 4. The molecule has 5 heteroatoms. The quantitative estimate of drug-likeness (QED) is 0.905. The number of thiophene rings is 1. The van der Waals surface area contributed by atoms with Gasteiger partial charge in [0.05, 0.1) is 10.9 Å². The molecule has 0 unspecified atom stereocenters. The second-order valence-corrected chi connectivity index (χ2v) is 7.68. The van der Waals surface area contributed by atoms with Crippen LogP contribution in [-0.2, 0) is 6.54 Å². The molecule has 108 valence electrons. The number of piperidine rings is 1. The molecule has 0 aliphatic carbocycles. The summed E-state index contributed by atoms with van der Waals surface area (Å²) in [5.74, 6) is 0. The molecule has 1 aromatic rings. The van der Waals surface area contributed by atoms with Crippen molar-refractivity contribution in [2.75, 3.05) is 40.3 Å². The molecule has 1 saturated heterocycles. The van der Waals surface area contributed by atoms with Crippen molar-refractivity contribution in [3.05, 3.63) is 21.3 Å². The number of aliphatic hydroxyl groups is 1. The first-order chi connectivity index (χ1) is 9.03. The van der Waals surface area contributed by atoms with Crippen molar-refractivity contribution >= 4 is 22.9 Å². The number of rotatable bonds is 5. The summed E-state index contributed by atoms with van der Waals surface area (Å²) < 4.78 is 0.865. The van der Waals surface area contributed by atoms with Gasteiger partial charge in [0.1, 0.15) is 0 Å². The molecule has 1 N–H and O–H groups in total. The summed E-state index contributed by atoms with van der Waals surface area (Å²) in [6, 6.07) is 4.08. The number of likely N-dealkylation sites (tertiary alicyclic amines) is 1. The van der Waals surface area contributed by atoms with Gasteiger partial charge in [0.2, 0.25) is 0 Å². The SMILES string of the molecule is CN(C)CC1(CO)CCN(Cc2ccc(Cl)s2)CC1. The van der Waals surface area contributed by atoms with E-state index in [2.05, 4.69) is 30.0 Å². The fourth-order valence-corrected chi connectivity index (χ4v) is 4.01. The Kier molecular flexibility index (Phi) is 5.26. The second-order valence-electron chi connectivity index (χ2n) is 5.88. The Bertz CT molecular complexity index is 400. The molecule has 1 fully saturated rings. The molecule has 1 aromatic heterocycles. The van der Waals surface area contributed by atoms with E-state index < -0.39 is 0 Å². The highest BCUT2D eigenvalue weighted by Crippen LogP contribution is 2.33. The smallest absolute Gasteiger partial charge is 0.0931 e. The number of halogens is 1. The first-order valence-corrected chi connectivity index (χ1v) is 7.95. The maximum atomic E-state index is 9.71. The largest absolute Gasteiger partial charge is 0.396 e. The molecule has 2 rings (SSSR count). The highest BCUT2D eigenvalue weighted by atomic mass is 35.5. The Balaban J connectivity index is 1.87. The van der Waals surface area contributed by atoms with Gasteiger partial charge < -0.3 is 10.0 Å². The van der Waals surface area contributed by atoms with E-state index in [4.69, 9.17) is 11.6 Å². The summed E-state index contributed by atoms with van der Waals surface area (Å²) in [4.78, 5) is 5.98. The predicted molar refractivity (Wildman–Crippen MR) is 81.9 cm³/mol. The van der Waals surface area contributed by atoms with Crippen LogP contribution in [0.5, 0.6) is 0 Å². The van der Waals surface area contributed by atoms with Crippen LogP contribution in [0.1, 0.15) is 17.7 Å². The monoisotopic (exact) mass is 302 g/mol. The third kappa shape index (κ3) is 4.17. The topological polar surface area (TPSA) is 26.7 Å². The Morgan fingerprint density at radius 2 is 2.05 bits per heavy atom. The zero-order valence-corrected chi connectivity index (χ0v) is 13.3. The van der Waals surface area contributed by atoms with Gasteiger partial charge in [0.25, 0.3) is 0 Å². The van der Waals surface area contributed by atoms with Crippen molar-refractivity contribution in [2.45, 2.75) is 19.4 Å². The van der Waals surface area contributed by atoms with Crippen molar-refractivity contribution in [3.63, 3.8) is 0 Å². The van der Waals surface area contributed by atoms with Crippen LogP contribution in [0, 0.1) is 5.41 Å². The van der Waals surface area contributed by atoms with E-state index in [0.717, 1.165) is 43.4 Å². The molecule has 0 aromatic carbocycles. The van der Waals surface area contributed by atoms with Gasteiger partial charge in [0, 0.05) is 23.4 Å². The van der Waals surface area contributed by atoms with Gasteiger partial charge >= 0.3 is 0 Å². The first-order valence-electron chi connectivity index (χ1n) is 6.75. The Hall–Kier alpha value is -0.130. The summed E-state index contributed by atoms with van der Waals surface area (Å²) in [5, 5.41) is 9.71. The molecule has 0 saturated carbocycles. The first kappa shape index (κ1) is 15.3. The minimum absolute atomic E-state index is 0.0904. The van der Waals surface area contributed by atoms with Crippen LogP contribution >= 0.6 is 22.9 Å². The summed E-state index contributed by atoms with van der Waals surface area (Å²) >= 11 is 7.63. The Morgan fingerprint density at radius 1 is 1.37 bits per heavy atom. The zero-order valence-electron chi connectivity index (χ0n) is 11.7. The summed E-state index contributed by atoms with van der Waals surface area (Å²) in [6.45, 7) is 4.38. The van der Waals surface area contributed by atoms with E-state index in [1.54, 1.807) is 11.3 Å². The zero-order chi connectivity index (χ0) is 13.9. The van der Waals surface area contributed by atoms with Crippen molar-refractivity contribution in [1.29, 1.82) is 0 Å². The maximum absolute atomic E-state index is 9.71. The molecule has 1 aliphatic heterocycles. The third-order valence-electron chi connectivity index (χ3n) is 3.91. The van der Waals surface area contributed by atoms with Crippen molar-refractivity contribution < 1.29 is 5.11 Å². The van der Waals surface area contributed by atoms with Crippen LogP contribution in [0.2, 0.25) is 4.34 Å². The van der Waals surface area contributed by atoms with Crippen molar-refractivity contribution in [1.82, 2.24) is 9.80 Å². The molecule has 0 bridgehead atoms. The van der Waals surface area contributed by atoms with Crippen molar-refractivity contribution in [3.8, 4) is 0 Å². The van der Waals surface area contributed by atoms with E-state index in [1.165, 1.54) is 4.88 Å². The molecule has 1 aliphatic rings. The molecule has 0 atom stereocenters. The van der Waals surface area contributed by atoms with Gasteiger partial charge in [-0.05, 0) is 52.2 Å². The lowest BCUT2D eigenvalue weighted by molar-refractivity contribution is 0.0221. The van der Waals surface area contributed by atoms with E-state index >= 15 is 0 Å². The number of aliphatic hydroxyl groups excluding tert-OH is 1. The Morgan fingerprint density at radius 3 is 2.53 bits per heavy atom. The average Bonchev–Trinajstić information content (AvgIpc) is 2.77. The van der Waals surface area contributed by atoms with Crippen LogP contribution in [0.4, 0.5) is 0 Å². The van der Waals surface area contributed by atoms with Gasteiger partial charge in [0.15, 0.2) is 0 Å². The van der Waals surface area contributed by atoms with Gasteiger partial charge in [-0.1, -0.05) is 11.6 Å². The standard InChI is InChI=1S/C14H23ClN2OS/c1-16(2)10-14(11-18)5-7-17(8-6-14)9-12-3-4-13(15)19-12/h3-4,18H,5-11H2,1-2H3. The lowest BCUT2D eigenvalue weighted by Gasteiger charge is -2.42. The van der Waals surface area contributed by atoms with Crippen LogP contribution in [-0.4, -0.2) is 55.2 Å².